The molecule has 1 rings (SSSR count). The Hall–Kier alpha value is -0.0800. The molecule has 3 unspecified atom stereocenters. The van der Waals surface area contributed by atoms with Crippen LogP contribution < -0.4 is 5.32 Å². The molecule has 1 N–H and O–H groups in total. The van der Waals surface area contributed by atoms with E-state index in [2.05, 4.69) is 58.9 Å². The minimum atomic E-state index is 0.466. The molecular formula is C16H34N2. The second-order valence-electron chi connectivity index (χ2n) is 7.56. The van der Waals surface area contributed by atoms with E-state index in [1.807, 2.05) is 0 Å². The third-order valence-electron chi connectivity index (χ3n) is 4.98. The summed E-state index contributed by atoms with van der Waals surface area (Å²) < 4.78 is 0. The van der Waals surface area contributed by atoms with Gasteiger partial charge in [-0.1, -0.05) is 20.8 Å². The SMILES string of the molecule is CNC1CCC(C(C)(C)C)CC1CN(C)C(C)C. The van der Waals surface area contributed by atoms with Crippen molar-refractivity contribution in [1.29, 1.82) is 0 Å². The predicted molar refractivity (Wildman–Crippen MR) is 80.9 cm³/mol. The summed E-state index contributed by atoms with van der Waals surface area (Å²) in [5.41, 5.74) is 0.466. The van der Waals surface area contributed by atoms with Crippen molar-refractivity contribution in [2.75, 3.05) is 20.6 Å². The van der Waals surface area contributed by atoms with E-state index in [4.69, 9.17) is 0 Å². The average Bonchev–Trinajstić information content (AvgIpc) is 2.27. The van der Waals surface area contributed by atoms with E-state index >= 15 is 0 Å². The van der Waals surface area contributed by atoms with Crippen LogP contribution in [0.15, 0.2) is 0 Å². The van der Waals surface area contributed by atoms with Gasteiger partial charge in [0.05, 0.1) is 0 Å². The Morgan fingerprint density at radius 1 is 1.22 bits per heavy atom. The van der Waals surface area contributed by atoms with Crippen LogP contribution in [0.5, 0.6) is 0 Å². The van der Waals surface area contributed by atoms with Crippen LogP contribution >= 0.6 is 0 Å². The minimum Gasteiger partial charge on any atom is -0.317 e. The molecule has 3 atom stereocenters. The second kappa shape index (κ2) is 6.38. The van der Waals surface area contributed by atoms with Gasteiger partial charge in [-0.25, -0.2) is 0 Å². The van der Waals surface area contributed by atoms with Gasteiger partial charge in [-0.2, -0.15) is 0 Å². The minimum absolute atomic E-state index is 0.466. The lowest BCUT2D eigenvalue weighted by molar-refractivity contribution is 0.0893. The molecule has 0 heterocycles. The molecule has 0 saturated heterocycles. The van der Waals surface area contributed by atoms with Gasteiger partial charge < -0.3 is 10.2 Å². The van der Waals surface area contributed by atoms with Crippen molar-refractivity contribution >= 4 is 0 Å². The van der Waals surface area contributed by atoms with E-state index in [1.54, 1.807) is 0 Å². The van der Waals surface area contributed by atoms with Crippen LogP contribution in [0.3, 0.4) is 0 Å². The van der Waals surface area contributed by atoms with Gasteiger partial charge in [0.2, 0.25) is 0 Å². The van der Waals surface area contributed by atoms with Gasteiger partial charge in [0.15, 0.2) is 0 Å². The first-order valence-corrected chi connectivity index (χ1v) is 7.63. The van der Waals surface area contributed by atoms with Crippen molar-refractivity contribution < 1.29 is 0 Å². The fourth-order valence-corrected chi connectivity index (χ4v) is 3.21. The Bertz CT molecular complexity index is 242. The molecule has 1 aliphatic rings. The zero-order chi connectivity index (χ0) is 13.9. The Morgan fingerprint density at radius 2 is 1.83 bits per heavy atom. The number of hydrogen-bond acceptors (Lipinski definition) is 2. The third-order valence-corrected chi connectivity index (χ3v) is 4.98. The molecule has 0 aromatic rings. The van der Waals surface area contributed by atoms with E-state index in [9.17, 15) is 0 Å². The highest BCUT2D eigenvalue weighted by molar-refractivity contribution is 4.89. The van der Waals surface area contributed by atoms with Crippen LogP contribution in [0.2, 0.25) is 0 Å². The normalized spacial score (nSPS) is 30.2. The van der Waals surface area contributed by atoms with Crippen LogP contribution in [-0.4, -0.2) is 37.6 Å². The lowest BCUT2D eigenvalue weighted by atomic mass is 9.67. The number of nitrogens with zero attached hydrogens (tertiary/aromatic N) is 1. The second-order valence-corrected chi connectivity index (χ2v) is 7.56. The highest BCUT2D eigenvalue weighted by Gasteiger charge is 2.35. The first-order valence-electron chi connectivity index (χ1n) is 7.63. The fraction of sp³-hybridized carbons (Fsp3) is 1.00. The van der Waals surface area contributed by atoms with Crippen LogP contribution in [0.25, 0.3) is 0 Å². The maximum Gasteiger partial charge on any atom is 0.0105 e. The summed E-state index contributed by atoms with van der Waals surface area (Å²) in [6.45, 7) is 13.0. The van der Waals surface area contributed by atoms with Crippen molar-refractivity contribution in [3.8, 4) is 0 Å². The van der Waals surface area contributed by atoms with Gasteiger partial charge >= 0.3 is 0 Å². The summed E-state index contributed by atoms with van der Waals surface area (Å²) in [4.78, 5) is 2.50. The first kappa shape index (κ1) is 16.0. The Morgan fingerprint density at radius 3 is 2.28 bits per heavy atom. The quantitative estimate of drug-likeness (QED) is 0.827. The molecule has 1 fully saturated rings. The maximum atomic E-state index is 3.54. The van der Waals surface area contributed by atoms with Crippen molar-refractivity contribution in [2.24, 2.45) is 17.3 Å². The van der Waals surface area contributed by atoms with E-state index in [0.29, 0.717) is 17.5 Å². The molecule has 18 heavy (non-hydrogen) atoms. The fourth-order valence-electron chi connectivity index (χ4n) is 3.21. The molecule has 0 spiro atoms. The molecule has 1 saturated carbocycles. The summed E-state index contributed by atoms with van der Waals surface area (Å²) in [7, 11) is 4.39. The lowest BCUT2D eigenvalue weighted by Gasteiger charge is -2.43. The zero-order valence-electron chi connectivity index (χ0n) is 13.6. The predicted octanol–water partition coefficient (Wildman–Crippen LogP) is 3.38. The molecule has 1 aliphatic carbocycles. The molecule has 0 aliphatic heterocycles. The van der Waals surface area contributed by atoms with E-state index < -0.39 is 0 Å². The van der Waals surface area contributed by atoms with Gasteiger partial charge in [0, 0.05) is 18.6 Å². The molecular weight excluding hydrogens is 220 g/mol. The van der Waals surface area contributed by atoms with Gasteiger partial charge in [0.25, 0.3) is 0 Å². The summed E-state index contributed by atoms with van der Waals surface area (Å²) in [5, 5.41) is 3.54. The van der Waals surface area contributed by atoms with Crippen LogP contribution in [0.4, 0.5) is 0 Å². The summed E-state index contributed by atoms with van der Waals surface area (Å²) in [6, 6.07) is 1.36. The molecule has 2 heteroatoms. The molecule has 0 amide bonds. The van der Waals surface area contributed by atoms with E-state index in [-0.39, 0.29) is 0 Å². The smallest absolute Gasteiger partial charge is 0.0105 e. The Kier molecular flexibility index (Phi) is 5.67. The van der Waals surface area contributed by atoms with E-state index in [0.717, 1.165) is 11.8 Å². The van der Waals surface area contributed by atoms with Gasteiger partial charge in [-0.15, -0.1) is 0 Å². The number of hydrogen-bond donors (Lipinski definition) is 1. The standard InChI is InChI=1S/C16H34N2/c1-12(2)18(7)11-13-10-14(16(3,4)5)8-9-15(13)17-6/h12-15,17H,8-11H2,1-7H3. The molecule has 0 bridgehead atoms. The number of nitrogens with one attached hydrogen (secondary N) is 1. The average molecular weight is 254 g/mol. The molecule has 0 aromatic carbocycles. The van der Waals surface area contributed by atoms with Crippen molar-refractivity contribution in [2.45, 2.75) is 66.0 Å². The van der Waals surface area contributed by atoms with Crippen LogP contribution in [0.1, 0.15) is 53.9 Å². The Balaban J connectivity index is 2.65. The van der Waals surface area contributed by atoms with Crippen LogP contribution in [0, 0.1) is 17.3 Å². The number of rotatable bonds is 4. The monoisotopic (exact) mass is 254 g/mol. The van der Waals surface area contributed by atoms with Crippen molar-refractivity contribution in [3.05, 3.63) is 0 Å². The largest absolute Gasteiger partial charge is 0.317 e. The highest BCUT2D eigenvalue weighted by Crippen LogP contribution is 2.40. The topological polar surface area (TPSA) is 15.3 Å². The summed E-state index contributed by atoms with van der Waals surface area (Å²) in [6.07, 6.45) is 4.11. The van der Waals surface area contributed by atoms with Crippen LogP contribution in [-0.2, 0) is 0 Å². The van der Waals surface area contributed by atoms with E-state index in [1.165, 1.54) is 25.8 Å². The van der Waals surface area contributed by atoms with Crippen molar-refractivity contribution in [1.82, 2.24) is 10.2 Å². The molecule has 0 radical (unpaired) electrons. The molecule has 0 aromatic heterocycles. The zero-order valence-corrected chi connectivity index (χ0v) is 13.6. The molecule has 2 nitrogen and oxygen atoms in total. The molecule has 108 valence electrons. The van der Waals surface area contributed by atoms with Crippen molar-refractivity contribution in [3.63, 3.8) is 0 Å². The first-order chi connectivity index (χ1) is 8.25. The maximum absolute atomic E-state index is 3.54. The van der Waals surface area contributed by atoms with Gasteiger partial charge in [0.1, 0.15) is 0 Å². The highest BCUT2D eigenvalue weighted by atomic mass is 15.1. The van der Waals surface area contributed by atoms with Gasteiger partial charge in [-0.05, 0) is 64.5 Å². The Labute approximate surface area is 115 Å². The summed E-state index contributed by atoms with van der Waals surface area (Å²) in [5.74, 6) is 1.69. The summed E-state index contributed by atoms with van der Waals surface area (Å²) >= 11 is 0. The third kappa shape index (κ3) is 4.24. The lowest BCUT2D eigenvalue weighted by Crippen LogP contribution is -2.46. The van der Waals surface area contributed by atoms with Gasteiger partial charge in [-0.3, -0.25) is 0 Å².